The van der Waals surface area contributed by atoms with Gasteiger partial charge in [-0.15, -0.1) is 12.6 Å². The molecule has 1 aliphatic heterocycles. The molecule has 0 saturated carbocycles. The summed E-state index contributed by atoms with van der Waals surface area (Å²) < 4.78 is 50.4. The SMILES string of the molecule is CC(=N/C(=C\S)C(N)=O)c1cc(C(F)(F)F)[nH]n1.CN1CC2=CC(c3ccc(F)c(CN)c3)=CCC2N1. The molecular formula is C24H27F4N7OS. The Morgan fingerprint density at radius 1 is 1.35 bits per heavy atom. The third kappa shape index (κ3) is 7.16. The van der Waals surface area contributed by atoms with Crippen LogP contribution in [0.3, 0.4) is 0 Å². The van der Waals surface area contributed by atoms with E-state index in [9.17, 15) is 22.4 Å². The van der Waals surface area contributed by atoms with Crippen molar-refractivity contribution < 1.29 is 22.4 Å². The number of aromatic amines is 1. The lowest BCUT2D eigenvalue weighted by atomic mass is 9.91. The van der Waals surface area contributed by atoms with Crippen molar-refractivity contribution >= 4 is 29.8 Å². The molecule has 1 aromatic heterocycles. The fourth-order valence-corrected chi connectivity index (χ4v) is 3.97. The topological polar surface area (TPSA) is 125 Å². The van der Waals surface area contributed by atoms with Crippen LogP contribution in [0.5, 0.6) is 0 Å². The lowest BCUT2D eigenvalue weighted by molar-refractivity contribution is -0.141. The van der Waals surface area contributed by atoms with Crippen LogP contribution in [-0.4, -0.2) is 46.5 Å². The second-order valence-corrected chi connectivity index (χ2v) is 8.66. The van der Waals surface area contributed by atoms with Crippen molar-refractivity contribution in [3.05, 3.63) is 81.4 Å². The second kappa shape index (κ2) is 11.9. The van der Waals surface area contributed by atoms with Crippen molar-refractivity contribution in [1.82, 2.24) is 20.6 Å². The fraction of sp³-hybridized carbons (Fsp3) is 0.292. The van der Waals surface area contributed by atoms with Crippen molar-refractivity contribution in [3.8, 4) is 0 Å². The van der Waals surface area contributed by atoms with Crippen LogP contribution in [-0.2, 0) is 17.5 Å². The van der Waals surface area contributed by atoms with E-state index in [-0.39, 0.29) is 29.5 Å². The van der Waals surface area contributed by atoms with Crippen LogP contribution >= 0.6 is 12.6 Å². The second-order valence-electron chi connectivity index (χ2n) is 8.40. The molecule has 37 heavy (non-hydrogen) atoms. The molecule has 2 aromatic rings. The molecule has 6 N–H and O–H groups in total. The zero-order valence-electron chi connectivity index (χ0n) is 20.1. The third-order valence-electron chi connectivity index (χ3n) is 5.67. The van der Waals surface area contributed by atoms with Crippen LogP contribution in [0.1, 0.15) is 35.9 Å². The van der Waals surface area contributed by atoms with Gasteiger partial charge in [0.25, 0.3) is 5.91 Å². The van der Waals surface area contributed by atoms with Gasteiger partial charge in [0.05, 0.1) is 5.71 Å². The van der Waals surface area contributed by atoms with Crippen molar-refractivity contribution in [2.45, 2.75) is 32.1 Å². The summed E-state index contributed by atoms with van der Waals surface area (Å²) in [7, 11) is 2.04. The first kappa shape index (κ1) is 28.3. The highest BCUT2D eigenvalue weighted by molar-refractivity contribution is 7.83. The number of carbonyl (C=O) groups excluding carboxylic acids is 1. The number of hydrogen-bond donors (Lipinski definition) is 5. The Balaban J connectivity index is 0.000000206. The number of H-pyrrole nitrogens is 1. The van der Waals surface area contributed by atoms with Crippen LogP contribution in [0, 0.1) is 5.82 Å². The number of thiol groups is 1. The zero-order chi connectivity index (χ0) is 27.3. The van der Waals surface area contributed by atoms with Crippen LogP contribution < -0.4 is 16.9 Å². The molecule has 1 saturated heterocycles. The number of hydrazine groups is 1. The first-order chi connectivity index (χ1) is 17.4. The molecule has 1 fully saturated rings. The maximum Gasteiger partial charge on any atom is 0.432 e. The minimum atomic E-state index is -4.52. The highest BCUT2D eigenvalue weighted by Gasteiger charge is 2.33. The predicted molar refractivity (Wildman–Crippen MR) is 137 cm³/mol. The molecule has 198 valence electrons. The standard InChI is InChI=1S/C15H18FN3.C9H9F3N4OS/c1-19-9-13-7-11(3-5-15(13)18-19)10-2-4-14(16)12(6-10)8-17;1-4(14-6(3-18)8(13)17)5-2-7(16-15-5)9(10,11)12/h2-4,6-7,15,18H,5,8-9,17H2,1H3;2-3,18H,1H3,(H2,13,17)(H,15,16)/b;6-3-,14-4?. The summed E-state index contributed by atoms with van der Waals surface area (Å²) in [4.78, 5) is 14.6. The number of nitrogens with one attached hydrogen (secondary N) is 2. The smallest absolute Gasteiger partial charge is 0.364 e. The van der Waals surface area contributed by atoms with Gasteiger partial charge in [0, 0.05) is 31.7 Å². The first-order valence-corrected chi connectivity index (χ1v) is 11.6. The lowest BCUT2D eigenvalue weighted by Gasteiger charge is -2.17. The molecule has 1 aromatic carbocycles. The molecule has 4 rings (SSSR count). The molecule has 1 unspecified atom stereocenters. The van der Waals surface area contributed by atoms with Gasteiger partial charge in [-0.3, -0.25) is 9.89 Å². The van der Waals surface area contributed by atoms with Crippen LogP contribution in [0.25, 0.3) is 5.57 Å². The quantitative estimate of drug-likeness (QED) is 0.173. The van der Waals surface area contributed by atoms with Gasteiger partial charge in [-0.25, -0.2) is 19.8 Å². The predicted octanol–water partition coefficient (Wildman–Crippen LogP) is 3.31. The average molecular weight is 538 g/mol. The Morgan fingerprint density at radius 2 is 2.08 bits per heavy atom. The van der Waals surface area contributed by atoms with Gasteiger partial charge in [-0.1, -0.05) is 18.2 Å². The number of aromatic nitrogens is 2. The van der Waals surface area contributed by atoms with E-state index in [1.54, 1.807) is 0 Å². The Morgan fingerprint density at radius 3 is 2.68 bits per heavy atom. The molecule has 13 heteroatoms. The molecule has 1 atom stereocenters. The van der Waals surface area contributed by atoms with E-state index >= 15 is 0 Å². The van der Waals surface area contributed by atoms with Gasteiger partial charge in [0.1, 0.15) is 22.9 Å². The monoisotopic (exact) mass is 537 g/mol. The Bertz CT molecular complexity index is 1280. The van der Waals surface area contributed by atoms with Crippen LogP contribution in [0.15, 0.2) is 58.1 Å². The Kier molecular flexibility index (Phi) is 9.07. The number of alkyl halides is 3. The molecule has 2 heterocycles. The summed E-state index contributed by atoms with van der Waals surface area (Å²) in [5.74, 6) is -1.06. The number of aliphatic imine (C=N–C) groups is 1. The number of primary amides is 1. The minimum Gasteiger partial charge on any atom is -0.364 e. The van der Waals surface area contributed by atoms with Gasteiger partial charge < -0.3 is 11.5 Å². The normalized spacial score (nSPS) is 18.5. The third-order valence-corrected chi connectivity index (χ3v) is 5.92. The molecular weight excluding hydrogens is 510 g/mol. The summed E-state index contributed by atoms with van der Waals surface area (Å²) in [6, 6.07) is 6.38. The first-order valence-electron chi connectivity index (χ1n) is 11.1. The summed E-state index contributed by atoms with van der Waals surface area (Å²) in [6.07, 6.45) is 0.865. The van der Waals surface area contributed by atoms with E-state index in [4.69, 9.17) is 11.5 Å². The molecule has 1 aliphatic carbocycles. The van der Waals surface area contributed by atoms with Gasteiger partial charge in [0.15, 0.2) is 0 Å². The average Bonchev–Trinajstić information content (AvgIpc) is 3.49. The highest BCUT2D eigenvalue weighted by atomic mass is 32.1. The number of rotatable bonds is 5. The Hall–Kier alpha value is -3.26. The number of fused-ring (bicyclic) bond motifs is 1. The van der Waals surface area contributed by atoms with Gasteiger partial charge in [-0.2, -0.15) is 18.3 Å². The van der Waals surface area contributed by atoms with Crippen molar-refractivity contribution in [2.24, 2.45) is 16.5 Å². The van der Waals surface area contributed by atoms with E-state index in [0.29, 0.717) is 11.6 Å². The van der Waals surface area contributed by atoms with Crippen molar-refractivity contribution in [1.29, 1.82) is 0 Å². The van der Waals surface area contributed by atoms with E-state index in [0.717, 1.165) is 35.6 Å². The highest BCUT2D eigenvalue weighted by Crippen LogP contribution is 2.30. The fourth-order valence-electron chi connectivity index (χ4n) is 3.78. The van der Waals surface area contributed by atoms with E-state index < -0.39 is 17.8 Å². The van der Waals surface area contributed by atoms with E-state index in [1.165, 1.54) is 18.6 Å². The number of allylic oxidation sites excluding steroid dienone is 2. The summed E-state index contributed by atoms with van der Waals surface area (Å²) in [5.41, 5.74) is 17.0. The molecule has 8 nitrogen and oxygen atoms in total. The van der Waals surface area contributed by atoms with Gasteiger partial charge in [0.2, 0.25) is 0 Å². The number of nitrogens with two attached hydrogens (primary N) is 2. The number of benzene rings is 1. The van der Waals surface area contributed by atoms with Crippen LogP contribution in [0.2, 0.25) is 0 Å². The lowest BCUT2D eigenvalue weighted by Crippen LogP contribution is -2.32. The number of hydrogen-bond acceptors (Lipinski definition) is 7. The number of amides is 1. The summed E-state index contributed by atoms with van der Waals surface area (Å²) in [5, 5.41) is 8.44. The maximum atomic E-state index is 13.5. The van der Waals surface area contributed by atoms with Crippen molar-refractivity contribution in [2.75, 3.05) is 13.6 Å². The van der Waals surface area contributed by atoms with Crippen LogP contribution in [0.4, 0.5) is 17.6 Å². The number of halogens is 4. The zero-order valence-corrected chi connectivity index (χ0v) is 21.0. The molecule has 0 bridgehead atoms. The largest absolute Gasteiger partial charge is 0.432 e. The van der Waals surface area contributed by atoms with Gasteiger partial charge in [-0.05, 0) is 53.7 Å². The molecule has 0 radical (unpaired) electrons. The van der Waals surface area contributed by atoms with Crippen molar-refractivity contribution in [3.63, 3.8) is 0 Å². The maximum absolute atomic E-state index is 13.5. The minimum absolute atomic E-state index is 0.0312. The summed E-state index contributed by atoms with van der Waals surface area (Å²) >= 11 is 3.71. The molecule has 1 amide bonds. The van der Waals surface area contributed by atoms with E-state index in [1.807, 2.05) is 24.3 Å². The summed E-state index contributed by atoms with van der Waals surface area (Å²) in [6.45, 7) is 2.57. The Labute approximate surface area is 216 Å². The number of likely N-dealkylation sites (N-methyl/N-ethyl adjacent to an activating group) is 1. The number of nitrogens with zero attached hydrogens (tertiary/aromatic N) is 3. The molecule has 0 spiro atoms. The number of carbonyl (C=O) groups is 1. The van der Waals surface area contributed by atoms with E-state index in [2.05, 4.69) is 45.3 Å². The molecule has 2 aliphatic rings. The van der Waals surface area contributed by atoms with Gasteiger partial charge >= 0.3 is 6.18 Å².